The molecular formula is C29H44N4O7S. The number of hydrogen-bond acceptors (Lipinski definition) is 7. The molecule has 1 N–H and O–H groups in total. The van der Waals surface area contributed by atoms with Crippen LogP contribution in [0.25, 0.3) is 0 Å². The van der Waals surface area contributed by atoms with Gasteiger partial charge in [0.05, 0.1) is 27.4 Å². The van der Waals surface area contributed by atoms with Crippen molar-refractivity contribution in [2.75, 3.05) is 66.7 Å². The number of rotatable bonds is 4. The van der Waals surface area contributed by atoms with E-state index in [-0.39, 0.29) is 29.7 Å². The Morgan fingerprint density at radius 1 is 0.927 bits per heavy atom. The maximum atomic E-state index is 13.8. The summed E-state index contributed by atoms with van der Waals surface area (Å²) in [5, 5.41) is 3.03. The minimum Gasteiger partial charge on any atom is -0.493 e. The molecule has 228 valence electrons. The molecule has 0 spiro atoms. The van der Waals surface area contributed by atoms with Gasteiger partial charge in [0.2, 0.25) is 11.8 Å². The number of ether oxygens (including phenoxy) is 3. The number of amides is 2. The summed E-state index contributed by atoms with van der Waals surface area (Å²) in [4.78, 5) is 28.4. The molecule has 3 fully saturated rings. The molecule has 4 aliphatic rings. The van der Waals surface area contributed by atoms with Crippen LogP contribution in [0.4, 0.5) is 0 Å². The highest BCUT2D eigenvalue weighted by molar-refractivity contribution is 7.86. The molecule has 41 heavy (non-hydrogen) atoms. The molecule has 11 nitrogen and oxygen atoms in total. The molecule has 1 aromatic carbocycles. The van der Waals surface area contributed by atoms with E-state index in [9.17, 15) is 18.0 Å². The summed E-state index contributed by atoms with van der Waals surface area (Å²) < 4.78 is 46.8. The van der Waals surface area contributed by atoms with E-state index in [1.807, 2.05) is 11.0 Å². The first-order chi connectivity index (χ1) is 19.8. The van der Waals surface area contributed by atoms with E-state index >= 15 is 0 Å². The van der Waals surface area contributed by atoms with Gasteiger partial charge in [0, 0.05) is 58.2 Å². The van der Waals surface area contributed by atoms with Crippen LogP contribution in [0.1, 0.15) is 49.7 Å². The lowest BCUT2D eigenvalue weighted by Gasteiger charge is -2.51. The molecule has 3 saturated heterocycles. The average molecular weight is 593 g/mol. The summed E-state index contributed by atoms with van der Waals surface area (Å²) in [7, 11) is -0.351. The normalized spacial score (nSPS) is 27.6. The molecule has 0 saturated carbocycles. The average Bonchev–Trinajstić information content (AvgIpc) is 2.98. The highest BCUT2D eigenvalue weighted by Crippen LogP contribution is 2.38. The molecular weight excluding hydrogens is 548 g/mol. The van der Waals surface area contributed by atoms with Crippen molar-refractivity contribution in [2.45, 2.75) is 57.4 Å². The van der Waals surface area contributed by atoms with Gasteiger partial charge in [-0.2, -0.15) is 17.0 Å². The van der Waals surface area contributed by atoms with E-state index in [4.69, 9.17) is 14.2 Å². The maximum absolute atomic E-state index is 13.8. The number of nitrogens with one attached hydrogen (secondary N) is 1. The van der Waals surface area contributed by atoms with Crippen molar-refractivity contribution in [2.24, 2.45) is 11.8 Å². The first kappa shape index (κ1) is 30.1. The topological polar surface area (TPSA) is 118 Å². The Bertz CT molecular complexity index is 1200. The largest absolute Gasteiger partial charge is 0.493 e. The van der Waals surface area contributed by atoms with Gasteiger partial charge in [0.1, 0.15) is 0 Å². The minimum absolute atomic E-state index is 0.00196. The van der Waals surface area contributed by atoms with Gasteiger partial charge >= 0.3 is 0 Å². The highest BCUT2D eigenvalue weighted by Gasteiger charge is 2.46. The summed E-state index contributed by atoms with van der Waals surface area (Å²) in [5.74, 6) is 1.55. The predicted octanol–water partition coefficient (Wildman–Crippen LogP) is 1.60. The number of carbonyl (C=O) groups excluding carboxylic acids is 2. The van der Waals surface area contributed by atoms with Crippen molar-refractivity contribution in [3.8, 4) is 11.5 Å². The molecule has 4 heterocycles. The van der Waals surface area contributed by atoms with Crippen molar-refractivity contribution in [3.05, 3.63) is 23.3 Å². The van der Waals surface area contributed by atoms with Crippen LogP contribution in [0.5, 0.6) is 11.5 Å². The SMILES string of the molecule is COc1cc2cc(c1OC)CCCNC(=O)CCC[C@H]1[C@@H]3C[C@H](CN1C(=O)CC2)CN(S(=O)(=O)N1CCOCC1)C3. The minimum atomic E-state index is -3.59. The number of methoxy groups -OCH3 is 2. The van der Waals surface area contributed by atoms with Crippen LogP contribution in [0.3, 0.4) is 0 Å². The number of aryl methyl sites for hydroxylation is 2. The molecule has 0 aliphatic carbocycles. The van der Waals surface area contributed by atoms with Crippen molar-refractivity contribution >= 4 is 22.0 Å². The van der Waals surface area contributed by atoms with Crippen LogP contribution < -0.4 is 14.8 Å². The van der Waals surface area contributed by atoms with E-state index in [1.54, 1.807) is 18.5 Å². The fourth-order valence-corrected chi connectivity index (χ4v) is 8.70. The van der Waals surface area contributed by atoms with Gasteiger partial charge < -0.3 is 24.4 Å². The predicted molar refractivity (Wildman–Crippen MR) is 153 cm³/mol. The van der Waals surface area contributed by atoms with Gasteiger partial charge in [0.25, 0.3) is 10.2 Å². The second-order valence-electron chi connectivity index (χ2n) is 11.6. The lowest BCUT2D eigenvalue weighted by Crippen LogP contribution is -2.62. The lowest BCUT2D eigenvalue weighted by atomic mass is 9.78. The molecule has 3 atom stereocenters. The third-order valence-electron chi connectivity index (χ3n) is 8.97. The van der Waals surface area contributed by atoms with Crippen LogP contribution in [0.15, 0.2) is 12.1 Å². The quantitative estimate of drug-likeness (QED) is 0.564. The van der Waals surface area contributed by atoms with Gasteiger partial charge in [-0.3, -0.25) is 9.59 Å². The summed E-state index contributed by atoms with van der Waals surface area (Å²) in [5.41, 5.74) is 2.02. The number of fused-ring (bicyclic) bond motifs is 6. The maximum Gasteiger partial charge on any atom is 0.282 e. The first-order valence-corrected chi connectivity index (χ1v) is 16.3. The molecule has 0 radical (unpaired) electrons. The Balaban J connectivity index is 1.37. The van der Waals surface area contributed by atoms with Gasteiger partial charge in [0.15, 0.2) is 11.5 Å². The number of benzene rings is 1. The molecule has 0 aromatic heterocycles. The van der Waals surface area contributed by atoms with Crippen LogP contribution in [0, 0.1) is 11.8 Å². The second-order valence-corrected chi connectivity index (χ2v) is 13.6. The Labute approximate surface area is 243 Å². The fourth-order valence-electron chi connectivity index (χ4n) is 6.99. The highest BCUT2D eigenvalue weighted by atomic mass is 32.2. The van der Waals surface area contributed by atoms with Gasteiger partial charge in [-0.25, -0.2) is 0 Å². The van der Waals surface area contributed by atoms with Gasteiger partial charge in [-0.15, -0.1) is 0 Å². The summed E-state index contributed by atoms with van der Waals surface area (Å²) in [6.45, 7) is 3.50. The zero-order valence-electron chi connectivity index (χ0n) is 24.3. The van der Waals surface area contributed by atoms with E-state index in [0.29, 0.717) is 96.1 Å². The van der Waals surface area contributed by atoms with Crippen LogP contribution in [-0.4, -0.2) is 106 Å². The van der Waals surface area contributed by atoms with Gasteiger partial charge in [-0.05, 0) is 67.6 Å². The van der Waals surface area contributed by atoms with E-state index in [0.717, 1.165) is 30.4 Å². The van der Waals surface area contributed by atoms with Crippen LogP contribution in [0.2, 0.25) is 0 Å². The molecule has 5 rings (SSSR count). The van der Waals surface area contributed by atoms with E-state index in [2.05, 4.69) is 11.4 Å². The molecule has 0 unspecified atom stereocenters. The Hall–Kier alpha value is -2.41. The smallest absolute Gasteiger partial charge is 0.282 e. The number of nitrogens with zero attached hydrogens (tertiary/aromatic N) is 3. The summed E-state index contributed by atoms with van der Waals surface area (Å²) in [6, 6.07) is 3.93. The molecule has 2 amide bonds. The third-order valence-corrected chi connectivity index (χ3v) is 10.9. The lowest BCUT2D eigenvalue weighted by molar-refractivity contribution is -0.140. The number of morpholine rings is 1. The Morgan fingerprint density at radius 3 is 2.49 bits per heavy atom. The molecule has 12 heteroatoms. The van der Waals surface area contributed by atoms with Crippen molar-refractivity contribution < 1.29 is 32.2 Å². The zero-order chi connectivity index (χ0) is 29.0. The zero-order valence-corrected chi connectivity index (χ0v) is 25.1. The Morgan fingerprint density at radius 2 is 1.73 bits per heavy atom. The number of hydrogen-bond donors (Lipinski definition) is 1. The van der Waals surface area contributed by atoms with Crippen molar-refractivity contribution in [1.82, 2.24) is 18.8 Å². The van der Waals surface area contributed by atoms with Crippen LogP contribution in [-0.2, 0) is 37.4 Å². The van der Waals surface area contributed by atoms with Gasteiger partial charge in [-0.1, -0.05) is 6.07 Å². The number of carbonyl (C=O) groups is 2. The second kappa shape index (κ2) is 13.3. The summed E-state index contributed by atoms with van der Waals surface area (Å²) >= 11 is 0. The fraction of sp³-hybridized carbons (Fsp3) is 0.724. The standard InChI is InChI=1S/C29H44N4O7S/c1-38-26-17-21-8-9-28(35)33-19-22-16-24(20-32(18-22)41(36,37)31-11-13-40-14-12-31)25(33)6-3-7-27(34)30-10-4-5-23(15-21)29(26)39-2/h15,17,22,24-25H,3-14,16,18-20H2,1-2H3,(H,30,34)/t22-,24+,25-/m0/s1. The van der Waals surface area contributed by atoms with Crippen molar-refractivity contribution in [3.63, 3.8) is 0 Å². The molecule has 4 aliphatic heterocycles. The third kappa shape index (κ3) is 6.81. The van der Waals surface area contributed by atoms with E-state index in [1.165, 1.54) is 4.31 Å². The number of piperidine rings is 2. The molecule has 4 bridgehead atoms. The van der Waals surface area contributed by atoms with Crippen molar-refractivity contribution in [1.29, 1.82) is 0 Å². The Kier molecular flexibility index (Phi) is 9.73. The first-order valence-electron chi connectivity index (χ1n) is 14.9. The van der Waals surface area contributed by atoms with Crippen LogP contribution >= 0.6 is 0 Å². The summed E-state index contributed by atoms with van der Waals surface area (Å²) in [6.07, 6.45) is 5.06. The van der Waals surface area contributed by atoms with E-state index < -0.39 is 10.2 Å². The molecule has 1 aromatic rings. The monoisotopic (exact) mass is 592 g/mol.